The monoisotopic (exact) mass is 450 g/mol. The lowest BCUT2D eigenvalue weighted by atomic mass is 9.98. The number of hydrogen-bond acceptors (Lipinski definition) is 6. The molecule has 2 aromatic carbocycles. The third kappa shape index (κ3) is 4.13. The molecule has 0 aliphatic carbocycles. The fourth-order valence-electron chi connectivity index (χ4n) is 4.15. The van der Waals surface area contributed by atoms with Gasteiger partial charge in [-0.25, -0.2) is 9.07 Å². The predicted octanol–water partition coefficient (Wildman–Crippen LogP) is 4.74. The lowest BCUT2D eigenvalue weighted by Gasteiger charge is -2.30. The molecule has 1 aliphatic heterocycles. The van der Waals surface area contributed by atoms with Crippen LogP contribution in [0.3, 0.4) is 0 Å². The van der Waals surface area contributed by atoms with E-state index in [4.69, 9.17) is 21.8 Å². The van der Waals surface area contributed by atoms with Crippen LogP contribution in [0.4, 0.5) is 4.39 Å². The van der Waals surface area contributed by atoms with Crippen LogP contribution in [-0.4, -0.2) is 42.5 Å². The molecule has 1 unspecified atom stereocenters. The van der Waals surface area contributed by atoms with E-state index in [9.17, 15) is 4.39 Å². The van der Waals surface area contributed by atoms with Gasteiger partial charge in [-0.15, -0.1) is 5.10 Å². The van der Waals surface area contributed by atoms with Crippen molar-refractivity contribution in [3.8, 4) is 17.1 Å². The molecule has 7 nitrogen and oxygen atoms in total. The van der Waals surface area contributed by atoms with Crippen molar-refractivity contribution < 1.29 is 8.91 Å². The molecule has 2 aromatic heterocycles. The average molecular weight is 451 g/mol. The summed E-state index contributed by atoms with van der Waals surface area (Å²) >= 11 is 5.82. The number of likely N-dealkylation sites (tertiary alicyclic amines) is 1. The van der Waals surface area contributed by atoms with Crippen molar-refractivity contribution in [3.63, 3.8) is 0 Å². The van der Waals surface area contributed by atoms with Crippen molar-refractivity contribution in [1.29, 1.82) is 0 Å². The zero-order valence-electron chi connectivity index (χ0n) is 17.7. The molecule has 4 aromatic rings. The molecule has 1 fully saturated rings. The standard InChI is InChI=1S/C23H23FN6OS/c1-16-25-22(31-27-16)18-8-5-13-28(14-18)15-29-23(32)30(20-11-9-19(24)10-12-20)21(26-29)17-6-3-2-4-7-17/h2-4,6-7,9-12,18H,5,8,13-15H2,1H3. The van der Waals surface area contributed by atoms with Crippen LogP contribution in [0.25, 0.3) is 17.1 Å². The number of piperidine rings is 1. The second kappa shape index (κ2) is 8.76. The summed E-state index contributed by atoms with van der Waals surface area (Å²) in [5, 5.41) is 8.80. The summed E-state index contributed by atoms with van der Waals surface area (Å²) in [5.41, 5.74) is 1.72. The maximum absolute atomic E-state index is 13.5. The van der Waals surface area contributed by atoms with Gasteiger partial charge in [0.1, 0.15) is 5.82 Å². The Bertz CT molecular complexity index is 1260. The molecule has 0 radical (unpaired) electrons. The van der Waals surface area contributed by atoms with E-state index in [1.54, 1.807) is 12.1 Å². The molecule has 3 heterocycles. The van der Waals surface area contributed by atoms with E-state index in [-0.39, 0.29) is 11.7 Å². The van der Waals surface area contributed by atoms with Gasteiger partial charge in [0.15, 0.2) is 11.6 Å². The van der Waals surface area contributed by atoms with Crippen molar-refractivity contribution in [3.05, 3.63) is 76.9 Å². The summed E-state index contributed by atoms with van der Waals surface area (Å²) < 4.78 is 23.2. The van der Waals surface area contributed by atoms with Gasteiger partial charge in [-0.1, -0.05) is 35.5 Å². The van der Waals surface area contributed by atoms with Crippen molar-refractivity contribution in [2.45, 2.75) is 32.4 Å². The quantitative estimate of drug-likeness (QED) is 0.409. The molecule has 0 N–H and O–H groups in total. The van der Waals surface area contributed by atoms with Gasteiger partial charge in [-0.05, 0) is 62.8 Å². The zero-order valence-corrected chi connectivity index (χ0v) is 18.5. The van der Waals surface area contributed by atoms with Crippen LogP contribution in [0.1, 0.15) is 30.5 Å². The Morgan fingerprint density at radius 1 is 1.12 bits per heavy atom. The molecule has 5 rings (SSSR count). The molecular formula is C23H23FN6OS. The van der Waals surface area contributed by atoms with Gasteiger partial charge in [0.05, 0.1) is 18.3 Å². The molecular weight excluding hydrogens is 427 g/mol. The number of benzene rings is 2. The minimum atomic E-state index is -0.287. The van der Waals surface area contributed by atoms with Crippen LogP contribution < -0.4 is 0 Å². The highest BCUT2D eigenvalue weighted by Crippen LogP contribution is 2.27. The fourth-order valence-corrected chi connectivity index (χ4v) is 4.44. The third-order valence-electron chi connectivity index (χ3n) is 5.69. The van der Waals surface area contributed by atoms with E-state index in [2.05, 4.69) is 15.0 Å². The first-order valence-electron chi connectivity index (χ1n) is 10.6. The number of rotatable bonds is 5. The maximum Gasteiger partial charge on any atom is 0.231 e. The predicted molar refractivity (Wildman–Crippen MR) is 120 cm³/mol. The molecule has 9 heteroatoms. The highest BCUT2D eigenvalue weighted by Gasteiger charge is 2.26. The number of aryl methyl sites for hydroxylation is 1. The van der Waals surface area contributed by atoms with Gasteiger partial charge in [-0.3, -0.25) is 9.47 Å². The van der Waals surface area contributed by atoms with E-state index in [0.717, 1.165) is 43.0 Å². The lowest BCUT2D eigenvalue weighted by molar-refractivity contribution is 0.143. The first-order chi connectivity index (χ1) is 15.6. The van der Waals surface area contributed by atoms with Gasteiger partial charge in [0.2, 0.25) is 10.7 Å². The molecule has 0 saturated carbocycles. The van der Waals surface area contributed by atoms with Crippen molar-refractivity contribution in [2.75, 3.05) is 13.1 Å². The largest absolute Gasteiger partial charge is 0.339 e. The van der Waals surface area contributed by atoms with Gasteiger partial charge >= 0.3 is 0 Å². The van der Waals surface area contributed by atoms with Crippen LogP contribution in [0.2, 0.25) is 0 Å². The van der Waals surface area contributed by atoms with Crippen LogP contribution in [0.15, 0.2) is 59.1 Å². The normalized spacial score (nSPS) is 17.0. The smallest absolute Gasteiger partial charge is 0.231 e. The van der Waals surface area contributed by atoms with E-state index in [1.165, 1.54) is 12.1 Å². The average Bonchev–Trinajstić information content (AvgIpc) is 3.39. The van der Waals surface area contributed by atoms with E-state index < -0.39 is 0 Å². The Balaban J connectivity index is 1.48. The van der Waals surface area contributed by atoms with Crippen LogP contribution >= 0.6 is 12.2 Å². The van der Waals surface area contributed by atoms with E-state index >= 15 is 0 Å². The highest BCUT2D eigenvalue weighted by molar-refractivity contribution is 7.71. The molecule has 32 heavy (non-hydrogen) atoms. The Kier molecular flexibility index (Phi) is 5.67. The highest BCUT2D eigenvalue weighted by atomic mass is 32.1. The number of nitrogens with zero attached hydrogens (tertiary/aromatic N) is 6. The summed E-state index contributed by atoms with van der Waals surface area (Å²) in [6.07, 6.45) is 2.05. The maximum atomic E-state index is 13.5. The van der Waals surface area contributed by atoms with Crippen LogP contribution in [-0.2, 0) is 6.67 Å². The third-order valence-corrected chi connectivity index (χ3v) is 6.08. The molecule has 0 spiro atoms. The summed E-state index contributed by atoms with van der Waals surface area (Å²) in [5.74, 6) is 1.99. The van der Waals surface area contributed by atoms with Crippen molar-refractivity contribution >= 4 is 12.2 Å². The Morgan fingerprint density at radius 2 is 1.91 bits per heavy atom. The first-order valence-corrected chi connectivity index (χ1v) is 11.0. The summed E-state index contributed by atoms with van der Waals surface area (Å²) in [7, 11) is 0. The molecule has 164 valence electrons. The lowest BCUT2D eigenvalue weighted by Crippen LogP contribution is -2.36. The summed E-state index contributed by atoms with van der Waals surface area (Å²) in [4.78, 5) is 6.72. The van der Waals surface area contributed by atoms with Crippen molar-refractivity contribution in [2.24, 2.45) is 0 Å². The topological polar surface area (TPSA) is 64.9 Å². The van der Waals surface area contributed by atoms with Gasteiger partial charge < -0.3 is 4.52 Å². The number of aromatic nitrogens is 5. The van der Waals surface area contributed by atoms with Crippen LogP contribution in [0, 0.1) is 17.5 Å². The Labute approximate surface area is 190 Å². The first kappa shape index (κ1) is 20.7. The fraction of sp³-hybridized carbons (Fsp3) is 0.304. The molecule has 1 saturated heterocycles. The SMILES string of the molecule is Cc1noc(C2CCCN(Cn3nc(-c4ccccc4)n(-c4ccc(F)cc4)c3=S)C2)n1. The number of hydrogen-bond donors (Lipinski definition) is 0. The van der Waals surface area contributed by atoms with E-state index in [0.29, 0.717) is 23.2 Å². The molecule has 0 bridgehead atoms. The molecule has 1 atom stereocenters. The second-order valence-corrected chi connectivity index (χ2v) is 8.39. The molecule has 1 aliphatic rings. The number of halogens is 1. The van der Waals surface area contributed by atoms with E-state index in [1.807, 2.05) is 46.5 Å². The second-order valence-electron chi connectivity index (χ2n) is 8.02. The minimum absolute atomic E-state index is 0.201. The van der Waals surface area contributed by atoms with Gasteiger partial charge in [0, 0.05) is 12.1 Å². The summed E-state index contributed by atoms with van der Waals surface area (Å²) in [6.45, 7) is 4.12. The summed E-state index contributed by atoms with van der Waals surface area (Å²) in [6, 6.07) is 16.2. The molecule has 0 amide bonds. The van der Waals surface area contributed by atoms with Crippen LogP contribution in [0.5, 0.6) is 0 Å². The van der Waals surface area contributed by atoms with Gasteiger partial charge in [0.25, 0.3) is 0 Å². The Morgan fingerprint density at radius 3 is 2.62 bits per heavy atom. The van der Waals surface area contributed by atoms with Crippen molar-refractivity contribution in [1.82, 2.24) is 29.4 Å². The minimum Gasteiger partial charge on any atom is -0.339 e. The Hall–Kier alpha value is -3.17. The van der Waals surface area contributed by atoms with Gasteiger partial charge in [-0.2, -0.15) is 4.98 Å². The zero-order chi connectivity index (χ0) is 22.1.